The van der Waals surface area contributed by atoms with Crippen molar-refractivity contribution in [1.82, 2.24) is 14.9 Å². The van der Waals surface area contributed by atoms with E-state index in [0.29, 0.717) is 29.0 Å². The average molecular weight is 465 g/mol. The molecule has 2 aliphatic rings. The second kappa shape index (κ2) is 9.87. The minimum Gasteiger partial charge on any atom is -0.444 e. The van der Waals surface area contributed by atoms with Crippen molar-refractivity contribution in [3.05, 3.63) is 52.9 Å². The first kappa shape index (κ1) is 21.8. The normalized spacial score (nSPS) is 17.8. The molecule has 0 bridgehead atoms. The third-order valence-electron chi connectivity index (χ3n) is 6.70. The number of carbonyl (C=O) groups is 2. The summed E-state index contributed by atoms with van der Waals surface area (Å²) in [6.45, 7) is 1.57. The minimum absolute atomic E-state index is 0.225. The summed E-state index contributed by atoms with van der Waals surface area (Å²) >= 11 is 1.54. The van der Waals surface area contributed by atoms with Crippen LogP contribution >= 0.6 is 11.3 Å². The van der Waals surface area contributed by atoms with Gasteiger partial charge in [0.15, 0.2) is 12.2 Å². The first-order valence-electron chi connectivity index (χ1n) is 11.7. The van der Waals surface area contributed by atoms with Crippen LogP contribution in [0.3, 0.4) is 0 Å². The van der Waals surface area contributed by atoms with Gasteiger partial charge in [-0.2, -0.15) is 0 Å². The summed E-state index contributed by atoms with van der Waals surface area (Å²) in [5, 5.41) is 5.74. The van der Waals surface area contributed by atoms with Crippen molar-refractivity contribution in [2.45, 2.75) is 50.9 Å². The Kier molecular flexibility index (Phi) is 6.53. The fraction of sp³-hybridized carbons (Fsp3) is 0.440. The SMILES string of the molecule is O=C(Nc1cccc(-c2cnco2)c1)c1csc(C2CCN(C(=O)C3CCCCC3)CC2)n1. The van der Waals surface area contributed by atoms with Crippen LogP contribution in [0.4, 0.5) is 5.69 Å². The number of piperidine rings is 1. The molecule has 0 spiro atoms. The van der Waals surface area contributed by atoms with Crippen LogP contribution in [0.25, 0.3) is 11.3 Å². The Balaban J connectivity index is 1.17. The van der Waals surface area contributed by atoms with Gasteiger partial charge in [0.2, 0.25) is 5.91 Å². The first-order valence-corrected chi connectivity index (χ1v) is 12.6. The predicted molar refractivity (Wildman–Crippen MR) is 127 cm³/mol. The molecule has 0 unspecified atom stereocenters. The van der Waals surface area contributed by atoms with Crippen LogP contribution in [-0.2, 0) is 4.79 Å². The van der Waals surface area contributed by atoms with Gasteiger partial charge in [0.25, 0.3) is 5.91 Å². The molecule has 1 saturated carbocycles. The number of anilines is 1. The Hall–Kier alpha value is -3.00. The molecule has 2 aromatic heterocycles. The van der Waals surface area contributed by atoms with Gasteiger partial charge in [0, 0.05) is 41.6 Å². The van der Waals surface area contributed by atoms with E-state index in [1.165, 1.54) is 37.0 Å². The lowest BCUT2D eigenvalue weighted by atomic mass is 9.87. The van der Waals surface area contributed by atoms with Crippen LogP contribution in [0.15, 0.2) is 46.7 Å². The number of oxazole rings is 1. The third kappa shape index (κ3) is 5.00. The number of likely N-dealkylation sites (tertiary alicyclic amines) is 1. The van der Waals surface area contributed by atoms with Gasteiger partial charge in [0.1, 0.15) is 5.69 Å². The summed E-state index contributed by atoms with van der Waals surface area (Å²) in [6, 6.07) is 7.46. The zero-order chi connectivity index (χ0) is 22.6. The fourth-order valence-electron chi connectivity index (χ4n) is 4.84. The molecule has 0 radical (unpaired) electrons. The van der Waals surface area contributed by atoms with E-state index < -0.39 is 0 Å². The third-order valence-corrected chi connectivity index (χ3v) is 7.71. The van der Waals surface area contributed by atoms with E-state index in [9.17, 15) is 9.59 Å². The van der Waals surface area contributed by atoms with Crippen molar-refractivity contribution in [2.24, 2.45) is 5.92 Å². The highest BCUT2D eigenvalue weighted by molar-refractivity contribution is 7.10. The molecule has 1 saturated heterocycles. The summed E-state index contributed by atoms with van der Waals surface area (Å²) in [7, 11) is 0. The first-order chi connectivity index (χ1) is 16.2. The maximum absolute atomic E-state index is 12.8. The highest BCUT2D eigenvalue weighted by Gasteiger charge is 2.30. The number of hydrogen-bond donors (Lipinski definition) is 1. The van der Waals surface area contributed by atoms with Crippen LogP contribution < -0.4 is 5.32 Å². The van der Waals surface area contributed by atoms with Gasteiger partial charge in [-0.05, 0) is 37.8 Å². The molecule has 2 amide bonds. The highest BCUT2D eigenvalue weighted by atomic mass is 32.1. The summed E-state index contributed by atoms with van der Waals surface area (Å²) in [5.74, 6) is 1.31. The van der Waals surface area contributed by atoms with Gasteiger partial charge in [-0.3, -0.25) is 9.59 Å². The van der Waals surface area contributed by atoms with Crippen molar-refractivity contribution in [1.29, 1.82) is 0 Å². The molecule has 0 atom stereocenters. The Morgan fingerprint density at radius 2 is 1.91 bits per heavy atom. The van der Waals surface area contributed by atoms with Crippen LogP contribution in [0.1, 0.15) is 66.4 Å². The zero-order valence-electron chi connectivity index (χ0n) is 18.5. The fourth-order valence-corrected chi connectivity index (χ4v) is 5.81. The molecular formula is C25H28N4O3S. The molecule has 172 valence electrons. The number of rotatable bonds is 5. The molecular weight excluding hydrogens is 436 g/mol. The van der Waals surface area contributed by atoms with E-state index in [0.717, 1.165) is 49.3 Å². The Morgan fingerprint density at radius 1 is 1.09 bits per heavy atom. The van der Waals surface area contributed by atoms with Gasteiger partial charge in [-0.1, -0.05) is 31.4 Å². The van der Waals surface area contributed by atoms with Crippen molar-refractivity contribution >= 4 is 28.8 Å². The van der Waals surface area contributed by atoms with Gasteiger partial charge in [0.05, 0.1) is 11.2 Å². The molecule has 33 heavy (non-hydrogen) atoms. The van der Waals surface area contributed by atoms with Gasteiger partial charge < -0.3 is 14.6 Å². The van der Waals surface area contributed by atoms with Crippen molar-refractivity contribution in [3.63, 3.8) is 0 Å². The number of hydrogen-bond acceptors (Lipinski definition) is 6. The average Bonchev–Trinajstić information content (AvgIpc) is 3.57. The lowest BCUT2D eigenvalue weighted by Gasteiger charge is -2.34. The van der Waals surface area contributed by atoms with Crippen LogP contribution in [0.2, 0.25) is 0 Å². The molecule has 2 fully saturated rings. The smallest absolute Gasteiger partial charge is 0.275 e. The summed E-state index contributed by atoms with van der Waals surface area (Å²) in [5.41, 5.74) is 1.96. The number of nitrogens with zero attached hydrogens (tertiary/aromatic N) is 3. The molecule has 1 aliphatic carbocycles. The monoisotopic (exact) mass is 464 g/mol. The maximum atomic E-state index is 12.8. The van der Waals surface area contributed by atoms with Crippen LogP contribution in [0, 0.1) is 5.92 Å². The molecule has 1 aliphatic heterocycles. The molecule has 1 aromatic carbocycles. The Labute approximate surface area is 197 Å². The van der Waals surface area contributed by atoms with Crippen LogP contribution in [-0.4, -0.2) is 39.8 Å². The quantitative estimate of drug-likeness (QED) is 0.551. The van der Waals surface area contributed by atoms with E-state index in [4.69, 9.17) is 4.42 Å². The summed E-state index contributed by atoms with van der Waals surface area (Å²) in [4.78, 5) is 36.2. The highest BCUT2D eigenvalue weighted by Crippen LogP contribution is 2.33. The molecule has 3 heterocycles. The van der Waals surface area contributed by atoms with E-state index in [-0.39, 0.29) is 11.8 Å². The molecule has 1 N–H and O–H groups in total. The zero-order valence-corrected chi connectivity index (χ0v) is 19.4. The second-order valence-corrected chi connectivity index (χ2v) is 9.80. The molecule has 7 nitrogen and oxygen atoms in total. The predicted octanol–water partition coefficient (Wildman–Crippen LogP) is 5.34. The van der Waals surface area contributed by atoms with Gasteiger partial charge >= 0.3 is 0 Å². The number of amides is 2. The largest absolute Gasteiger partial charge is 0.444 e. The molecule has 5 rings (SSSR count). The number of thiazole rings is 1. The van der Waals surface area contributed by atoms with Crippen molar-refractivity contribution in [2.75, 3.05) is 18.4 Å². The lowest BCUT2D eigenvalue weighted by Crippen LogP contribution is -2.41. The second-order valence-electron chi connectivity index (χ2n) is 8.91. The number of nitrogens with one attached hydrogen (secondary N) is 1. The van der Waals surface area contributed by atoms with Gasteiger partial charge in [-0.15, -0.1) is 11.3 Å². The molecule has 8 heteroatoms. The van der Waals surface area contributed by atoms with E-state index in [1.807, 2.05) is 29.6 Å². The van der Waals surface area contributed by atoms with Crippen LogP contribution in [0.5, 0.6) is 0 Å². The maximum Gasteiger partial charge on any atom is 0.275 e. The van der Waals surface area contributed by atoms with E-state index in [2.05, 4.69) is 20.2 Å². The lowest BCUT2D eigenvalue weighted by molar-refractivity contribution is -0.137. The number of carbonyl (C=O) groups excluding carboxylic acids is 2. The Morgan fingerprint density at radius 3 is 2.67 bits per heavy atom. The minimum atomic E-state index is -0.225. The number of aromatic nitrogens is 2. The van der Waals surface area contributed by atoms with E-state index >= 15 is 0 Å². The van der Waals surface area contributed by atoms with E-state index in [1.54, 1.807) is 6.20 Å². The molecule has 3 aromatic rings. The number of benzene rings is 1. The van der Waals surface area contributed by atoms with Crippen molar-refractivity contribution < 1.29 is 14.0 Å². The summed E-state index contributed by atoms with van der Waals surface area (Å²) < 4.78 is 5.33. The topological polar surface area (TPSA) is 88.3 Å². The van der Waals surface area contributed by atoms with Gasteiger partial charge in [-0.25, -0.2) is 9.97 Å². The Bertz CT molecular complexity index is 1100. The van der Waals surface area contributed by atoms with Crippen molar-refractivity contribution in [3.8, 4) is 11.3 Å². The standard InChI is InChI=1S/C25H28N4O3S/c30-23(27-20-8-4-7-19(13-20)22-14-26-16-32-22)21-15-33-24(28-21)17-9-11-29(12-10-17)25(31)18-5-2-1-3-6-18/h4,7-8,13-18H,1-3,5-6,9-12H2,(H,27,30). The summed E-state index contributed by atoms with van der Waals surface area (Å²) in [6.07, 6.45) is 10.6.